The molecule has 1 aliphatic rings. The Morgan fingerprint density at radius 1 is 1.28 bits per heavy atom. The van der Waals surface area contributed by atoms with Crippen molar-refractivity contribution in [3.63, 3.8) is 0 Å². The van der Waals surface area contributed by atoms with E-state index in [1.807, 2.05) is 11.6 Å². The van der Waals surface area contributed by atoms with Crippen molar-refractivity contribution < 1.29 is 4.79 Å². The maximum Gasteiger partial charge on any atom is 0.143 e. The van der Waals surface area contributed by atoms with Gasteiger partial charge in [0.15, 0.2) is 0 Å². The van der Waals surface area contributed by atoms with Crippen LogP contribution in [0.4, 0.5) is 0 Å². The summed E-state index contributed by atoms with van der Waals surface area (Å²) in [6.45, 7) is 2.81. The number of aromatic nitrogens is 3. The number of hydrogen-bond donors (Lipinski definition) is 0. The highest BCUT2D eigenvalue weighted by Gasteiger charge is 2.21. The van der Waals surface area contributed by atoms with Gasteiger partial charge in [-0.15, -0.1) is 0 Å². The minimum absolute atomic E-state index is 0.257. The third-order valence-electron chi connectivity index (χ3n) is 3.89. The fourth-order valence-electron chi connectivity index (χ4n) is 2.77. The van der Waals surface area contributed by atoms with Crippen molar-refractivity contribution in [2.45, 2.75) is 64.8 Å². The van der Waals surface area contributed by atoms with Gasteiger partial charge < -0.3 is 0 Å². The monoisotopic (exact) mass is 249 g/mol. The second kappa shape index (κ2) is 6.66. The minimum atomic E-state index is 0.257. The number of hydrogen-bond acceptors (Lipinski definition) is 3. The zero-order valence-corrected chi connectivity index (χ0v) is 11.3. The lowest BCUT2D eigenvalue weighted by molar-refractivity contribution is -0.123. The van der Waals surface area contributed by atoms with E-state index in [2.05, 4.69) is 10.1 Å². The fraction of sp³-hybridized carbons (Fsp3) is 0.786. The second-order valence-electron chi connectivity index (χ2n) is 5.18. The molecule has 0 saturated heterocycles. The molecule has 4 nitrogen and oxygen atoms in total. The van der Waals surface area contributed by atoms with Gasteiger partial charge in [0.25, 0.3) is 0 Å². The van der Waals surface area contributed by atoms with Crippen LogP contribution in [0.1, 0.15) is 57.7 Å². The SMILES string of the molecule is CCn1ncnc1CC(=O)C1CCCCCCC1. The maximum absolute atomic E-state index is 12.3. The molecule has 0 atom stereocenters. The number of carbonyl (C=O) groups is 1. The summed E-state index contributed by atoms with van der Waals surface area (Å²) in [6.07, 6.45) is 10.5. The van der Waals surface area contributed by atoms with Crippen molar-refractivity contribution in [1.29, 1.82) is 0 Å². The third kappa shape index (κ3) is 3.40. The van der Waals surface area contributed by atoms with Crippen LogP contribution in [0.15, 0.2) is 6.33 Å². The number of ketones is 1. The Bertz CT molecular complexity index is 378. The first kappa shape index (κ1) is 13.2. The minimum Gasteiger partial charge on any atom is -0.299 e. The molecule has 0 aliphatic heterocycles. The predicted molar refractivity (Wildman–Crippen MR) is 70.2 cm³/mol. The first-order valence-corrected chi connectivity index (χ1v) is 7.20. The molecular formula is C14H23N3O. The lowest BCUT2D eigenvalue weighted by atomic mass is 9.87. The summed E-state index contributed by atoms with van der Waals surface area (Å²) in [5, 5.41) is 4.12. The lowest BCUT2D eigenvalue weighted by Crippen LogP contribution is -2.20. The van der Waals surface area contributed by atoms with Crippen molar-refractivity contribution >= 4 is 5.78 Å². The Balaban J connectivity index is 1.93. The molecule has 1 saturated carbocycles. The van der Waals surface area contributed by atoms with Gasteiger partial charge in [0.05, 0.1) is 6.42 Å². The quantitative estimate of drug-likeness (QED) is 0.824. The highest BCUT2D eigenvalue weighted by Crippen LogP contribution is 2.23. The second-order valence-corrected chi connectivity index (χ2v) is 5.18. The van der Waals surface area contributed by atoms with Crippen molar-refractivity contribution in [3.8, 4) is 0 Å². The van der Waals surface area contributed by atoms with Crippen LogP contribution in [0, 0.1) is 5.92 Å². The van der Waals surface area contributed by atoms with E-state index < -0.39 is 0 Å². The Hall–Kier alpha value is -1.19. The molecule has 0 N–H and O–H groups in total. The molecule has 1 heterocycles. The fourth-order valence-corrected chi connectivity index (χ4v) is 2.77. The molecule has 18 heavy (non-hydrogen) atoms. The Kier molecular flexibility index (Phi) is 4.90. The average Bonchev–Trinajstić information content (AvgIpc) is 2.75. The Morgan fingerprint density at radius 3 is 2.61 bits per heavy atom. The standard InChI is InChI=1S/C14H23N3O/c1-2-17-14(15-11-16-17)10-13(18)12-8-6-4-3-5-7-9-12/h11-12H,2-10H2,1H3. The topological polar surface area (TPSA) is 47.8 Å². The summed E-state index contributed by atoms with van der Waals surface area (Å²) in [5.41, 5.74) is 0. The van der Waals surface area contributed by atoms with Gasteiger partial charge in [-0.3, -0.25) is 4.79 Å². The molecule has 1 aromatic heterocycles. The number of carbonyl (C=O) groups excluding carboxylic acids is 1. The van der Waals surface area contributed by atoms with Gasteiger partial charge in [-0.05, 0) is 19.8 Å². The van der Waals surface area contributed by atoms with Crippen LogP contribution in [0.3, 0.4) is 0 Å². The van der Waals surface area contributed by atoms with E-state index >= 15 is 0 Å². The summed E-state index contributed by atoms with van der Waals surface area (Å²) in [4.78, 5) is 16.5. The molecule has 0 bridgehead atoms. The number of rotatable bonds is 4. The van der Waals surface area contributed by atoms with E-state index in [1.54, 1.807) is 6.33 Å². The van der Waals surface area contributed by atoms with E-state index in [4.69, 9.17) is 0 Å². The van der Waals surface area contributed by atoms with Gasteiger partial charge in [-0.25, -0.2) is 9.67 Å². The van der Waals surface area contributed by atoms with E-state index in [1.165, 1.54) is 32.1 Å². The molecule has 1 aromatic rings. The van der Waals surface area contributed by atoms with Crippen LogP contribution in [0.5, 0.6) is 0 Å². The largest absolute Gasteiger partial charge is 0.299 e. The predicted octanol–water partition coefficient (Wildman–Crippen LogP) is 2.77. The van der Waals surface area contributed by atoms with Gasteiger partial charge >= 0.3 is 0 Å². The van der Waals surface area contributed by atoms with Crippen LogP contribution >= 0.6 is 0 Å². The molecule has 0 amide bonds. The Labute approximate surface area is 109 Å². The zero-order valence-electron chi connectivity index (χ0n) is 11.3. The summed E-state index contributed by atoms with van der Waals surface area (Å²) in [6, 6.07) is 0. The molecule has 0 spiro atoms. The van der Waals surface area contributed by atoms with Crippen LogP contribution in [0.25, 0.3) is 0 Å². The smallest absolute Gasteiger partial charge is 0.143 e. The number of aryl methyl sites for hydroxylation is 1. The summed E-state index contributed by atoms with van der Waals surface area (Å²) in [5.74, 6) is 1.44. The summed E-state index contributed by atoms with van der Waals surface area (Å²) >= 11 is 0. The van der Waals surface area contributed by atoms with Crippen molar-refractivity contribution in [2.24, 2.45) is 5.92 Å². The van der Waals surface area contributed by atoms with E-state index in [0.29, 0.717) is 12.2 Å². The molecule has 1 aliphatic carbocycles. The van der Waals surface area contributed by atoms with Gasteiger partial charge in [0.1, 0.15) is 17.9 Å². The molecule has 0 aromatic carbocycles. The van der Waals surface area contributed by atoms with Gasteiger partial charge in [0, 0.05) is 12.5 Å². The first-order chi connectivity index (χ1) is 8.81. The molecule has 4 heteroatoms. The van der Waals surface area contributed by atoms with Crippen LogP contribution in [-0.2, 0) is 17.8 Å². The van der Waals surface area contributed by atoms with Crippen molar-refractivity contribution in [2.75, 3.05) is 0 Å². The number of nitrogens with zero attached hydrogens (tertiary/aromatic N) is 3. The molecule has 2 rings (SSSR count). The normalized spacial score (nSPS) is 18.3. The zero-order chi connectivity index (χ0) is 12.8. The van der Waals surface area contributed by atoms with Gasteiger partial charge in [-0.2, -0.15) is 5.10 Å². The van der Waals surface area contributed by atoms with E-state index in [9.17, 15) is 4.79 Å². The Morgan fingerprint density at radius 2 is 1.94 bits per heavy atom. The molecule has 0 unspecified atom stereocenters. The molecule has 0 radical (unpaired) electrons. The van der Waals surface area contributed by atoms with Gasteiger partial charge in [-0.1, -0.05) is 32.1 Å². The maximum atomic E-state index is 12.3. The third-order valence-corrected chi connectivity index (χ3v) is 3.89. The van der Waals surface area contributed by atoms with E-state index in [-0.39, 0.29) is 5.92 Å². The average molecular weight is 249 g/mol. The summed E-state index contributed by atoms with van der Waals surface area (Å²) < 4.78 is 1.82. The number of Topliss-reactive ketones (excluding diaryl/α,β-unsaturated/α-hetero) is 1. The van der Waals surface area contributed by atoms with Crippen molar-refractivity contribution in [3.05, 3.63) is 12.2 Å². The van der Waals surface area contributed by atoms with Crippen LogP contribution in [0.2, 0.25) is 0 Å². The highest BCUT2D eigenvalue weighted by molar-refractivity contribution is 5.82. The van der Waals surface area contributed by atoms with Gasteiger partial charge in [0.2, 0.25) is 0 Å². The molecular weight excluding hydrogens is 226 g/mol. The molecule has 1 fully saturated rings. The van der Waals surface area contributed by atoms with Crippen molar-refractivity contribution in [1.82, 2.24) is 14.8 Å². The molecule has 100 valence electrons. The van der Waals surface area contributed by atoms with Crippen LogP contribution < -0.4 is 0 Å². The summed E-state index contributed by atoms with van der Waals surface area (Å²) in [7, 11) is 0. The highest BCUT2D eigenvalue weighted by atomic mass is 16.1. The lowest BCUT2D eigenvalue weighted by Gasteiger charge is -2.18. The first-order valence-electron chi connectivity index (χ1n) is 7.20. The van der Waals surface area contributed by atoms with Crippen LogP contribution in [-0.4, -0.2) is 20.5 Å². The van der Waals surface area contributed by atoms with E-state index in [0.717, 1.165) is 25.2 Å².